The minimum atomic E-state index is -4.31. The van der Waals surface area contributed by atoms with Crippen molar-refractivity contribution in [2.24, 2.45) is 0 Å². The molecule has 0 fully saturated rings. The van der Waals surface area contributed by atoms with E-state index < -0.39 is 12.7 Å². The first kappa shape index (κ1) is 13.1. The number of hydrogen-bond acceptors (Lipinski definition) is 2. The molecule has 2 aromatic rings. The second kappa shape index (κ2) is 4.76. The summed E-state index contributed by atoms with van der Waals surface area (Å²) in [4.78, 5) is 0. The highest BCUT2D eigenvalue weighted by atomic mass is 19.4. The van der Waals surface area contributed by atoms with Crippen LogP contribution in [0.15, 0.2) is 30.6 Å². The predicted molar refractivity (Wildman–Crippen MR) is 63.2 cm³/mol. The molecule has 2 rings (SSSR count). The zero-order chi connectivity index (χ0) is 14.0. The van der Waals surface area contributed by atoms with Crippen LogP contribution in [0.4, 0.5) is 13.2 Å². The standard InChI is InChI=1S/C13H10F3N3/c1-9-2-3-10(5-17)12(4-9)11-6-18-19(7-11)8-13(14,15)16/h2-4,6-7H,8H2,1H3. The van der Waals surface area contributed by atoms with E-state index in [1.165, 1.54) is 12.4 Å². The normalized spacial score (nSPS) is 11.3. The summed E-state index contributed by atoms with van der Waals surface area (Å²) in [7, 11) is 0. The molecule has 0 spiro atoms. The maximum atomic E-state index is 12.2. The van der Waals surface area contributed by atoms with Crippen molar-refractivity contribution < 1.29 is 13.2 Å². The number of alkyl halides is 3. The maximum absolute atomic E-state index is 12.2. The van der Waals surface area contributed by atoms with E-state index in [0.29, 0.717) is 16.7 Å². The van der Waals surface area contributed by atoms with Crippen LogP contribution in [-0.4, -0.2) is 16.0 Å². The molecule has 98 valence electrons. The van der Waals surface area contributed by atoms with E-state index in [2.05, 4.69) is 5.10 Å². The zero-order valence-electron chi connectivity index (χ0n) is 10.1. The van der Waals surface area contributed by atoms with Crippen molar-refractivity contribution in [2.45, 2.75) is 19.6 Å². The Morgan fingerprint density at radius 1 is 1.37 bits per heavy atom. The molecular weight excluding hydrogens is 255 g/mol. The Balaban J connectivity index is 2.38. The largest absolute Gasteiger partial charge is 0.408 e. The van der Waals surface area contributed by atoms with Crippen molar-refractivity contribution in [3.05, 3.63) is 41.7 Å². The summed E-state index contributed by atoms with van der Waals surface area (Å²) in [5, 5.41) is 12.7. The Morgan fingerprint density at radius 2 is 2.11 bits per heavy atom. The Bertz CT molecular complexity index is 635. The van der Waals surface area contributed by atoms with Gasteiger partial charge < -0.3 is 0 Å². The molecule has 0 amide bonds. The van der Waals surface area contributed by atoms with Crippen LogP contribution in [0.1, 0.15) is 11.1 Å². The summed E-state index contributed by atoms with van der Waals surface area (Å²) in [6.07, 6.45) is -1.68. The Kier molecular flexibility index (Phi) is 3.30. The average Bonchev–Trinajstić information content (AvgIpc) is 2.75. The van der Waals surface area contributed by atoms with Crippen molar-refractivity contribution in [2.75, 3.05) is 0 Å². The number of nitriles is 1. The molecule has 0 saturated carbocycles. The van der Waals surface area contributed by atoms with Crippen LogP contribution in [0.3, 0.4) is 0 Å². The van der Waals surface area contributed by atoms with E-state index in [9.17, 15) is 13.2 Å². The molecular formula is C13H10F3N3. The van der Waals surface area contributed by atoms with Gasteiger partial charge in [-0.05, 0) is 19.1 Å². The van der Waals surface area contributed by atoms with Crippen molar-refractivity contribution in [3.8, 4) is 17.2 Å². The summed E-state index contributed by atoms with van der Waals surface area (Å²) in [6, 6.07) is 7.20. The molecule has 0 aliphatic rings. The summed E-state index contributed by atoms with van der Waals surface area (Å²) >= 11 is 0. The number of aryl methyl sites for hydroxylation is 1. The number of hydrogen-bond donors (Lipinski definition) is 0. The van der Waals surface area contributed by atoms with Crippen molar-refractivity contribution >= 4 is 0 Å². The monoisotopic (exact) mass is 265 g/mol. The number of benzene rings is 1. The van der Waals surface area contributed by atoms with Gasteiger partial charge in [-0.3, -0.25) is 4.68 Å². The van der Waals surface area contributed by atoms with Crippen molar-refractivity contribution in [1.82, 2.24) is 9.78 Å². The molecule has 3 nitrogen and oxygen atoms in total. The lowest BCUT2D eigenvalue weighted by atomic mass is 10.0. The summed E-state index contributed by atoms with van der Waals surface area (Å²) in [5.74, 6) is 0. The molecule has 1 aromatic heterocycles. The first-order valence-electron chi connectivity index (χ1n) is 5.49. The molecule has 0 unspecified atom stereocenters. The molecule has 0 aliphatic heterocycles. The van der Waals surface area contributed by atoms with Crippen LogP contribution >= 0.6 is 0 Å². The zero-order valence-corrected chi connectivity index (χ0v) is 10.1. The first-order valence-corrected chi connectivity index (χ1v) is 5.49. The third-order valence-electron chi connectivity index (χ3n) is 2.58. The van der Waals surface area contributed by atoms with Gasteiger partial charge >= 0.3 is 6.18 Å². The van der Waals surface area contributed by atoms with Gasteiger partial charge in [0.25, 0.3) is 0 Å². The van der Waals surface area contributed by atoms with Gasteiger partial charge in [-0.1, -0.05) is 11.6 Å². The fourth-order valence-corrected chi connectivity index (χ4v) is 1.77. The van der Waals surface area contributed by atoms with E-state index in [-0.39, 0.29) is 0 Å². The maximum Gasteiger partial charge on any atom is 0.408 e. The molecule has 0 bridgehead atoms. The summed E-state index contributed by atoms with van der Waals surface area (Å²) < 4.78 is 37.6. The number of aromatic nitrogens is 2. The minimum absolute atomic E-state index is 0.414. The number of rotatable bonds is 2. The second-order valence-corrected chi connectivity index (χ2v) is 4.20. The topological polar surface area (TPSA) is 41.6 Å². The predicted octanol–water partition coefficient (Wildman–Crippen LogP) is 3.29. The number of nitrogens with zero attached hydrogens (tertiary/aromatic N) is 3. The summed E-state index contributed by atoms with van der Waals surface area (Å²) in [5.41, 5.74) is 2.44. The molecule has 19 heavy (non-hydrogen) atoms. The van der Waals surface area contributed by atoms with E-state index in [0.717, 1.165) is 10.2 Å². The Labute approximate surface area is 107 Å². The third kappa shape index (κ3) is 3.13. The van der Waals surface area contributed by atoms with Crippen LogP contribution < -0.4 is 0 Å². The molecule has 0 radical (unpaired) electrons. The van der Waals surface area contributed by atoms with Crippen LogP contribution in [0.25, 0.3) is 11.1 Å². The smallest absolute Gasteiger partial charge is 0.263 e. The van der Waals surface area contributed by atoms with Gasteiger partial charge in [-0.2, -0.15) is 23.5 Å². The van der Waals surface area contributed by atoms with Gasteiger partial charge in [-0.25, -0.2) is 0 Å². The Morgan fingerprint density at radius 3 is 2.74 bits per heavy atom. The van der Waals surface area contributed by atoms with Gasteiger partial charge in [-0.15, -0.1) is 0 Å². The van der Waals surface area contributed by atoms with E-state index in [1.807, 2.05) is 13.0 Å². The Hall–Kier alpha value is -2.29. The molecule has 0 aliphatic carbocycles. The second-order valence-electron chi connectivity index (χ2n) is 4.20. The third-order valence-corrected chi connectivity index (χ3v) is 2.58. The van der Waals surface area contributed by atoms with Gasteiger partial charge in [0.15, 0.2) is 0 Å². The van der Waals surface area contributed by atoms with Crippen LogP contribution in [0, 0.1) is 18.3 Å². The molecule has 6 heteroatoms. The fourth-order valence-electron chi connectivity index (χ4n) is 1.77. The highest BCUT2D eigenvalue weighted by Crippen LogP contribution is 2.25. The van der Waals surface area contributed by atoms with E-state index in [4.69, 9.17) is 5.26 Å². The first-order chi connectivity index (χ1) is 8.89. The molecule has 0 saturated heterocycles. The molecule has 0 atom stereocenters. The van der Waals surface area contributed by atoms with Crippen LogP contribution in [0.2, 0.25) is 0 Å². The van der Waals surface area contributed by atoms with Gasteiger partial charge in [0.1, 0.15) is 6.54 Å². The van der Waals surface area contributed by atoms with E-state index >= 15 is 0 Å². The lowest BCUT2D eigenvalue weighted by Gasteiger charge is -2.05. The highest BCUT2D eigenvalue weighted by molar-refractivity contribution is 5.70. The van der Waals surface area contributed by atoms with Gasteiger partial charge in [0.05, 0.1) is 17.8 Å². The van der Waals surface area contributed by atoms with Gasteiger partial charge in [0.2, 0.25) is 0 Å². The summed E-state index contributed by atoms with van der Waals surface area (Å²) in [6.45, 7) is 0.714. The van der Waals surface area contributed by atoms with Crippen molar-refractivity contribution in [3.63, 3.8) is 0 Å². The number of halogens is 3. The lowest BCUT2D eigenvalue weighted by molar-refractivity contribution is -0.142. The molecule has 0 N–H and O–H groups in total. The lowest BCUT2D eigenvalue weighted by Crippen LogP contribution is -2.17. The van der Waals surface area contributed by atoms with E-state index in [1.54, 1.807) is 18.2 Å². The van der Waals surface area contributed by atoms with Crippen molar-refractivity contribution in [1.29, 1.82) is 5.26 Å². The minimum Gasteiger partial charge on any atom is -0.263 e. The highest BCUT2D eigenvalue weighted by Gasteiger charge is 2.28. The average molecular weight is 265 g/mol. The quantitative estimate of drug-likeness (QED) is 0.836. The fraction of sp³-hybridized carbons (Fsp3) is 0.231. The van der Waals surface area contributed by atoms with Gasteiger partial charge in [0, 0.05) is 17.3 Å². The van der Waals surface area contributed by atoms with Crippen LogP contribution in [-0.2, 0) is 6.54 Å². The van der Waals surface area contributed by atoms with Crippen LogP contribution in [0.5, 0.6) is 0 Å². The molecule has 1 aromatic carbocycles. The SMILES string of the molecule is Cc1ccc(C#N)c(-c2cnn(CC(F)(F)F)c2)c1. The molecule has 1 heterocycles.